The van der Waals surface area contributed by atoms with Crippen LogP contribution >= 0.6 is 11.8 Å². The van der Waals surface area contributed by atoms with Gasteiger partial charge in [-0.15, -0.1) is 11.8 Å². The van der Waals surface area contributed by atoms with Crippen LogP contribution in [0.4, 0.5) is 5.69 Å². The van der Waals surface area contributed by atoms with Gasteiger partial charge in [-0.05, 0) is 67.6 Å². The monoisotopic (exact) mass is 473 g/mol. The molecule has 0 atom stereocenters. The first-order valence-electron chi connectivity index (χ1n) is 11.1. The third kappa shape index (κ3) is 4.07. The van der Waals surface area contributed by atoms with Crippen LogP contribution in [0, 0.1) is 13.8 Å². The van der Waals surface area contributed by atoms with Crippen molar-refractivity contribution in [3.8, 4) is 17.0 Å². The lowest BCUT2D eigenvalue weighted by atomic mass is 9.99. The summed E-state index contributed by atoms with van der Waals surface area (Å²) in [5, 5.41) is 6.05. The molecular formula is C27H27N3O3S. The van der Waals surface area contributed by atoms with Crippen molar-refractivity contribution in [3.63, 3.8) is 0 Å². The molecule has 0 amide bonds. The van der Waals surface area contributed by atoms with Gasteiger partial charge in [0.1, 0.15) is 10.8 Å². The predicted octanol–water partition coefficient (Wildman–Crippen LogP) is 6.74. The molecule has 0 N–H and O–H groups in total. The Hall–Kier alpha value is -3.58. The van der Waals surface area contributed by atoms with Crippen LogP contribution in [-0.2, 0) is 13.1 Å². The molecule has 0 aliphatic heterocycles. The molecule has 0 unspecified atom stereocenters. The van der Waals surface area contributed by atoms with Gasteiger partial charge in [-0.1, -0.05) is 6.07 Å². The number of fused-ring (bicyclic) bond motifs is 1. The molecule has 4 aromatic heterocycles. The van der Waals surface area contributed by atoms with Gasteiger partial charge in [-0.2, -0.15) is 5.10 Å². The van der Waals surface area contributed by atoms with E-state index in [-0.39, 0.29) is 0 Å². The highest BCUT2D eigenvalue weighted by Crippen LogP contribution is 2.38. The molecule has 174 valence electrons. The van der Waals surface area contributed by atoms with Gasteiger partial charge in [0.2, 0.25) is 0 Å². The van der Waals surface area contributed by atoms with Crippen molar-refractivity contribution in [2.75, 3.05) is 18.3 Å². The van der Waals surface area contributed by atoms with E-state index in [1.54, 1.807) is 43.9 Å². The lowest BCUT2D eigenvalue weighted by molar-refractivity contribution is 0.414. The van der Waals surface area contributed by atoms with Crippen LogP contribution < -0.4 is 9.64 Å². The Morgan fingerprint density at radius 3 is 2.15 bits per heavy atom. The quantitative estimate of drug-likeness (QED) is 0.233. The van der Waals surface area contributed by atoms with Gasteiger partial charge in [0.25, 0.3) is 0 Å². The topological polar surface area (TPSA) is 56.0 Å². The van der Waals surface area contributed by atoms with E-state index in [9.17, 15) is 0 Å². The number of pyridine rings is 1. The first kappa shape index (κ1) is 22.2. The predicted molar refractivity (Wildman–Crippen MR) is 136 cm³/mol. The Bertz CT molecular complexity index is 1350. The van der Waals surface area contributed by atoms with E-state index in [1.807, 2.05) is 12.1 Å². The zero-order chi connectivity index (χ0) is 23.7. The largest absolute Gasteiger partial charge is 0.497 e. The molecule has 0 fully saturated rings. The molecule has 0 aliphatic carbocycles. The van der Waals surface area contributed by atoms with Crippen LogP contribution in [0.5, 0.6) is 5.75 Å². The second-order valence-electron chi connectivity index (χ2n) is 8.32. The summed E-state index contributed by atoms with van der Waals surface area (Å²) in [6.07, 6.45) is 9.09. The van der Waals surface area contributed by atoms with Gasteiger partial charge in [-0.3, -0.25) is 0 Å². The molecule has 34 heavy (non-hydrogen) atoms. The number of hydrogen-bond donors (Lipinski definition) is 0. The number of aromatic nitrogens is 2. The van der Waals surface area contributed by atoms with Crippen LogP contribution in [0.3, 0.4) is 0 Å². The van der Waals surface area contributed by atoms with Crippen molar-refractivity contribution < 1.29 is 13.6 Å². The van der Waals surface area contributed by atoms with Crippen molar-refractivity contribution in [1.82, 2.24) is 9.61 Å². The van der Waals surface area contributed by atoms with Crippen molar-refractivity contribution in [1.29, 1.82) is 0 Å². The average Bonchev–Trinajstić information content (AvgIpc) is 3.59. The summed E-state index contributed by atoms with van der Waals surface area (Å²) in [6.45, 7) is 5.63. The zero-order valence-electron chi connectivity index (χ0n) is 19.7. The van der Waals surface area contributed by atoms with E-state index >= 15 is 0 Å². The summed E-state index contributed by atoms with van der Waals surface area (Å²) >= 11 is 1.65. The number of ether oxygens (including phenoxy) is 1. The van der Waals surface area contributed by atoms with Gasteiger partial charge >= 0.3 is 0 Å². The van der Waals surface area contributed by atoms with Crippen molar-refractivity contribution in [2.45, 2.75) is 32.0 Å². The van der Waals surface area contributed by atoms with Crippen molar-refractivity contribution in [2.24, 2.45) is 0 Å². The Kier molecular flexibility index (Phi) is 6.11. The summed E-state index contributed by atoms with van der Waals surface area (Å²) in [6, 6.07) is 14.5. The first-order chi connectivity index (χ1) is 16.6. The van der Waals surface area contributed by atoms with Gasteiger partial charge < -0.3 is 18.5 Å². The SMILES string of the molecule is COc1cc(C)c(-c2cccc3c(N(Cc4ccoc4)Cc4ccoc4)c(SC)nn23)c(C)c1. The number of anilines is 1. The van der Waals surface area contributed by atoms with Crippen LogP contribution in [-0.4, -0.2) is 23.0 Å². The fourth-order valence-corrected chi connectivity index (χ4v) is 5.12. The van der Waals surface area contributed by atoms with Crippen molar-refractivity contribution >= 4 is 23.0 Å². The highest BCUT2D eigenvalue weighted by Gasteiger charge is 2.23. The Labute approximate surface area is 203 Å². The molecule has 5 rings (SSSR count). The summed E-state index contributed by atoms with van der Waals surface area (Å²) < 4.78 is 18.3. The maximum Gasteiger partial charge on any atom is 0.142 e. The summed E-state index contributed by atoms with van der Waals surface area (Å²) in [4.78, 5) is 2.33. The highest BCUT2D eigenvalue weighted by atomic mass is 32.2. The molecule has 5 aromatic rings. The number of nitrogens with zero attached hydrogens (tertiary/aromatic N) is 3. The third-order valence-electron chi connectivity index (χ3n) is 6.02. The van der Waals surface area contributed by atoms with Gasteiger partial charge in [-0.25, -0.2) is 4.52 Å². The van der Waals surface area contributed by atoms with Crippen LogP contribution in [0.25, 0.3) is 16.8 Å². The van der Waals surface area contributed by atoms with E-state index < -0.39 is 0 Å². The van der Waals surface area contributed by atoms with Crippen molar-refractivity contribution in [3.05, 3.63) is 89.8 Å². The molecule has 1 aromatic carbocycles. The summed E-state index contributed by atoms with van der Waals surface area (Å²) in [7, 11) is 1.70. The number of methoxy groups -OCH3 is 1. The molecule has 6 nitrogen and oxygen atoms in total. The third-order valence-corrected chi connectivity index (χ3v) is 6.68. The lowest BCUT2D eigenvalue weighted by Gasteiger charge is -2.24. The lowest BCUT2D eigenvalue weighted by Crippen LogP contribution is -2.22. The normalized spacial score (nSPS) is 11.3. The number of thioether (sulfide) groups is 1. The van der Waals surface area contributed by atoms with Gasteiger partial charge in [0.05, 0.1) is 49.1 Å². The minimum Gasteiger partial charge on any atom is -0.497 e. The molecule has 0 saturated carbocycles. The Morgan fingerprint density at radius 2 is 1.62 bits per heavy atom. The number of hydrogen-bond acceptors (Lipinski definition) is 6. The highest BCUT2D eigenvalue weighted by molar-refractivity contribution is 7.98. The fraction of sp³-hybridized carbons (Fsp3) is 0.222. The maximum absolute atomic E-state index is 5.48. The maximum atomic E-state index is 5.48. The first-order valence-corrected chi connectivity index (χ1v) is 12.3. The van der Waals surface area contributed by atoms with E-state index in [0.29, 0.717) is 13.1 Å². The number of furan rings is 2. The van der Waals surface area contributed by atoms with Crippen LogP contribution in [0.1, 0.15) is 22.3 Å². The Balaban J connectivity index is 1.68. The Morgan fingerprint density at radius 1 is 0.971 bits per heavy atom. The minimum atomic E-state index is 0.696. The van der Waals surface area contributed by atoms with E-state index in [2.05, 4.69) is 59.9 Å². The average molecular weight is 474 g/mol. The molecule has 0 aliphatic rings. The van der Waals surface area contributed by atoms with Crippen LogP contribution in [0.15, 0.2) is 81.4 Å². The number of benzene rings is 1. The molecule has 0 radical (unpaired) electrons. The minimum absolute atomic E-state index is 0.696. The smallest absolute Gasteiger partial charge is 0.142 e. The van der Waals surface area contributed by atoms with Gasteiger partial charge in [0.15, 0.2) is 0 Å². The second-order valence-corrected chi connectivity index (χ2v) is 9.12. The zero-order valence-corrected chi connectivity index (χ0v) is 20.6. The summed E-state index contributed by atoms with van der Waals surface area (Å²) in [5.41, 5.74) is 8.90. The standard InChI is InChI=1S/C27H27N3O3S/c1-18-12-22(31-3)13-19(2)25(18)23-6-5-7-24-26(27(34-4)28-30(23)24)29(14-20-8-10-32-16-20)15-21-9-11-33-17-21/h5-13,16-17H,14-15H2,1-4H3. The van der Waals surface area contributed by atoms with Crippen LogP contribution in [0.2, 0.25) is 0 Å². The van der Waals surface area contributed by atoms with E-state index in [4.69, 9.17) is 18.7 Å². The summed E-state index contributed by atoms with van der Waals surface area (Å²) in [5.74, 6) is 0.864. The number of aryl methyl sites for hydroxylation is 2. The molecule has 4 heterocycles. The number of rotatable bonds is 8. The molecule has 0 saturated heterocycles. The second kappa shape index (κ2) is 9.35. The molecule has 0 spiro atoms. The molecule has 7 heteroatoms. The van der Waals surface area contributed by atoms with Gasteiger partial charge in [0, 0.05) is 29.8 Å². The van der Waals surface area contributed by atoms with E-state index in [1.165, 1.54) is 5.56 Å². The van der Waals surface area contributed by atoms with E-state index in [0.717, 1.165) is 49.9 Å². The molecular weight excluding hydrogens is 446 g/mol. The fourth-order valence-electron chi connectivity index (χ4n) is 4.53. The molecule has 0 bridgehead atoms.